The lowest BCUT2D eigenvalue weighted by Gasteiger charge is -2.15. The summed E-state index contributed by atoms with van der Waals surface area (Å²) in [5, 5.41) is 0.607. The van der Waals surface area contributed by atoms with Crippen molar-refractivity contribution in [3.05, 3.63) is 58.5 Å². The van der Waals surface area contributed by atoms with Crippen LogP contribution in [0.3, 0.4) is 0 Å². The molecule has 7 heteroatoms. The van der Waals surface area contributed by atoms with Crippen LogP contribution in [-0.2, 0) is 16.1 Å². The van der Waals surface area contributed by atoms with Crippen molar-refractivity contribution in [3.63, 3.8) is 0 Å². The summed E-state index contributed by atoms with van der Waals surface area (Å²) in [6, 6.07) is 5.77. The van der Waals surface area contributed by atoms with Crippen LogP contribution < -0.4 is 5.63 Å². The standard InChI is InChI=1S/C17H14N2O5/c1-3-6-18-15(21)16(22)19(17(18)23)9-11-8-14(20)24-13-7-10(2)4-5-12(11)13/h3-5,7-8H,1,6,9H2,2H3. The van der Waals surface area contributed by atoms with Crippen molar-refractivity contribution in [2.24, 2.45) is 0 Å². The highest BCUT2D eigenvalue weighted by molar-refractivity contribution is 6.44. The lowest BCUT2D eigenvalue weighted by atomic mass is 10.1. The van der Waals surface area contributed by atoms with Crippen molar-refractivity contribution in [1.82, 2.24) is 9.80 Å². The Morgan fingerprint density at radius 2 is 1.79 bits per heavy atom. The molecule has 4 amide bonds. The van der Waals surface area contributed by atoms with E-state index in [-0.39, 0.29) is 13.1 Å². The molecule has 0 saturated carbocycles. The van der Waals surface area contributed by atoms with Gasteiger partial charge < -0.3 is 4.42 Å². The highest BCUT2D eigenvalue weighted by Crippen LogP contribution is 2.22. The quantitative estimate of drug-likeness (QED) is 0.368. The Bertz CT molecular complexity index is 944. The predicted octanol–water partition coefficient (Wildman–Crippen LogP) is 1.58. The third-order valence-electron chi connectivity index (χ3n) is 3.76. The molecule has 1 aliphatic rings. The topological polar surface area (TPSA) is 87.9 Å². The Kier molecular flexibility index (Phi) is 3.76. The highest BCUT2D eigenvalue weighted by atomic mass is 16.4. The highest BCUT2D eigenvalue weighted by Gasteiger charge is 2.43. The average molecular weight is 326 g/mol. The van der Waals surface area contributed by atoms with Gasteiger partial charge in [-0.05, 0) is 24.1 Å². The van der Waals surface area contributed by atoms with Gasteiger partial charge in [0.05, 0.1) is 6.54 Å². The molecule has 24 heavy (non-hydrogen) atoms. The zero-order chi connectivity index (χ0) is 17.4. The van der Waals surface area contributed by atoms with Crippen LogP contribution in [0, 0.1) is 6.92 Å². The van der Waals surface area contributed by atoms with Crippen LogP contribution in [0.25, 0.3) is 11.0 Å². The minimum absolute atomic E-state index is 0.0449. The molecule has 1 fully saturated rings. The van der Waals surface area contributed by atoms with E-state index >= 15 is 0 Å². The lowest BCUT2D eigenvalue weighted by Crippen LogP contribution is -2.33. The van der Waals surface area contributed by atoms with E-state index in [9.17, 15) is 19.2 Å². The van der Waals surface area contributed by atoms with Gasteiger partial charge in [0.1, 0.15) is 5.58 Å². The van der Waals surface area contributed by atoms with Crippen LogP contribution in [0.5, 0.6) is 0 Å². The Labute approximate surface area is 136 Å². The number of urea groups is 1. The van der Waals surface area contributed by atoms with Gasteiger partial charge in [-0.3, -0.25) is 19.4 Å². The summed E-state index contributed by atoms with van der Waals surface area (Å²) in [5.41, 5.74) is 1.13. The Hall–Kier alpha value is -3.22. The van der Waals surface area contributed by atoms with Crippen LogP contribution in [0.2, 0.25) is 0 Å². The maximum Gasteiger partial charge on any atom is 0.336 e. The number of aryl methyl sites for hydroxylation is 1. The van der Waals surface area contributed by atoms with E-state index in [4.69, 9.17) is 4.42 Å². The Morgan fingerprint density at radius 1 is 1.08 bits per heavy atom. The number of nitrogens with zero attached hydrogens (tertiary/aromatic N) is 2. The number of benzene rings is 1. The second kappa shape index (κ2) is 5.77. The van der Waals surface area contributed by atoms with Gasteiger partial charge in [0.15, 0.2) is 0 Å². The molecule has 0 bridgehead atoms. The van der Waals surface area contributed by atoms with Crippen molar-refractivity contribution < 1.29 is 18.8 Å². The second-order valence-corrected chi connectivity index (χ2v) is 5.47. The first-order chi connectivity index (χ1) is 11.4. The summed E-state index contributed by atoms with van der Waals surface area (Å²) in [4.78, 5) is 49.6. The van der Waals surface area contributed by atoms with E-state index < -0.39 is 23.5 Å². The van der Waals surface area contributed by atoms with Crippen LogP contribution in [0.4, 0.5) is 4.79 Å². The largest absolute Gasteiger partial charge is 0.423 e. The van der Waals surface area contributed by atoms with Crippen molar-refractivity contribution in [2.75, 3.05) is 6.54 Å². The number of carbonyl (C=O) groups excluding carboxylic acids is 3. The normalized spacial score (nSPS) is 14.8. The minimum Gasteiger partial charge on any atom is -0.423 e. The van der Waals surface area contributed by atoms with E-state index in [1.165, 1.54) is 12.1 Å². The van der Waals surface area contributed by atoms with Crippen LogP contribution in [0.1, 0.15) is 11.1 Å². The second-order valence-electron chi connectivity index (χ2n) is 5.47. The maximum atomic E-state index is 12.3. The molecule has 0 unspecified atom stereocenters. The monoisotopic (exact) mass is 326 g/mol. The van der Waals surface area contributed by atoms with E-state index in [0.717, 1.165) is 15.4 Å². The summed E-state index contributed by atoms with van der Waals surface area (Å²) in [7, 11) is 0. The number of carbonyl (C=O) groups is 3. The fourth-order valence-electron chi connectivity index (χ4n) is 2.62. The summed E-state index contributed by atoms with van der Waals surface area (Å²) >= 11 is 0. The number of fused-ring (bicyclic) bond motifs is 1. The summed E-state index contributed by atoms with van der Waals surface area (Å²) in [5.74, 6) is -1.82. The molecule has 7 nitrogen and oxygen atoms in total. The Balaban J connectivity index is 2.02. The number of hydrogen-bond donors (Lipinski definition) is 0. The van der Waals surface area contributed by atoms with Crippen molar-refractivity contribution >= 4 is 28.8 Å². The van der Waals surface area contributed by atoms with Gasteiger partial charge in [-0.25, -0.2) is 9.59 Å². The number of amides is 4. The molecule has 1 saturated heterocycles. The van der Waals surface area contributed by atoms with Gasteiger partial charge in [-0.2, -0.15) is 0 Å². The van der Waals surface area contributed by atoms with Gasteiger partial charge in [-0.15, -0.1) is 6.58 Å². The van der Waals surface area contributed by atoms with Crippen molar-refractivity contribution in [2.45, 2.75) is 13.5 Å². The molecule has 2 heterocycles. The molecule has 0 aliphatic carbocycles. The molecule has 0 spiro atoms. The fraction of sp³-hybridized carbons (Fsp3) is 0.176. The van der Waals surface area contributed by atoms with Gasteiger partial charge in [0.2, 0.25) is 0 Å². The van der Waals surface area contributed by atoms with E-state index in [1.807, 2.05) is 13.0 Å². The molecule has 0 N–H and O–H groups in total. The fourth-order valence-corrected chi connectivity index (χ4v) is 2.62. The summed E-state index contributed by atoms with van der Waals surface area (Å²) in [6.45, 7) is 5.09. The lowest BCUT2D eigenvalue weighted by molar-refractivity contribution is -0.143. The molecule has 122 valence electrons. The summed E-state index contributed by atoms with van der Waals surface area (Å²) < 4.78 is 5.15. The molecule has 1 aromatic heterocycles. The third kappa shape index (κ3) is 2.50. The molecule has 3 rings (SSSR count). The zero-order valence-electron chi connectivity index (χ0n) is 12.9. The van der Waals surface area contributed by atoms with Gasteiger partial charge >= 0.3 is 23.5 Å². The van der Waals surface area contributed by atoms with Gasteiger partial charge in [0.25, 0.3) is 0 Å². The molecule has 1 aromatic carbocycles. The molecular formula is C17H14N2O5. The number of imide groups is 2. The van der Waals surface area contributed by atoms with E-state index in [1.54, 1.807) is 12.1 Å². The zero-order valence-corrected chi connectivity index (χ0v) is 12.9. The minimum atomic E-state index is -0.921. The van der Waals surface area contributed by atoms with Crippen LogP contribution >= 0.6 is 0 Å². The first-order valence-electron chi connectivity index (χ1n) is 7.24. The molecule has 1 aliphatic heterocycles. The van der Waals surface area contributed by atoms with Gasteiger partial charge in [-0.1, -0.05) is 18.2 Å². The molecule has 0 radical (unpaired) electrons. The molecule has 0 atom stereocenters. The first kappa shape index (κ1) is 15.7. The Morgan fingerprint density at radius 3 is 2.50 bits per heavy atom. The van der Waals surface area contributed by atoms with Crippen molar-refractivity contribution in [1.29, 1.82) is 0 Å². The third-order valence-corrected chi connectivity index (χ3v) is 3.76. The summed E-state index contributed by atoms with van der Waals surface area (Å²) in [6.07, 6.45) is 1.36. The maximum absolute atomic E-state index is 12.3. The smallest absolute Gasteiger partial charge is 0.336 e. The molecule has 2 aromatic rings. The van der Waals surface area contributed by atoms with Gasteiger partial charge in [0, 0.05) is 18.0 Å². The molecular weight excluding hydrogens is 312 g/mol. The van der Waals surface area contributed by atoms with Crippen LogP contribution in [0.15, 0.2) is 46.1 Å². The number of hydrogen-bond acceptors (Lipinski definition) is 5. The SMILES string of the molecule is C=CCN1C(=O)C(=O)N(Cc2cc(=O)oc3cc(C)ccc23)C1=O. The van der Waals surface area contributed by atoms with Crippen LogP contribution in [-0.4, -0.2) is 34.2 Å². The number of rotatable bonds is 4. The van der Waals surface area contributed by atoms with Crippen molar-refractivity contribution in [3.8, 4) is 0 Å². The first-order valence-corrected chi connectivity index (χ1v) is 7.24. The van der Waals surface area contributed by atoms with E-state index in [0.29, 0.717) is 16.5 Å². The average Bonchev–Trinajstić information content (AvgIpc) is 2.72. The van der Waals surface area contributed by atoms with E-state index in [2.05, 4.69) is 6.58 Å². The predicted molar refractivity (Wildman–Crippen MR) is 85.1 cm³/mol.